The number of aliphatic hydroxyl groups is 1. The first-order valence-corrected chi connectivity index (χ1v) is 4.24. The van der Waals surface area contributed by atoms with Gasteiger partial charge in [-0.1, -0.05) is 13.0 Å². The molecule has 0 unspecified atom stereocenters. The van der Waals surface area contributed by atoms with Crippen LogP contribution < -0.4 is 5.73 Å². The second-order valence-corrected chi connectivity index (χ2v) is 2.88. The molecule has 0 amide bonds. The summed E-state index contributed by atoms with van der Waals surface area (Å²) in [5.74, 6) is 0. The maximum Gasteiger partial charge on any atom is 0.0782 e. The second kappa shape index (κ2) is 6.17. The standard InChI is InChI=1S/C9H19NO2/c1-4-7(11)6-9(12-3)8(10)5-2/h5,7-9,11H,2,4,6,10H2,1,3H3/t7-,8+,9+/m1/s1. The molecular formula is C9H19NO2. The number of nitrogens with two attached hydrogens (primary N) is 1. The molecule has 0 bridgehead atoms. The lowest BCUT2D eigenvalue weighted by molar-refractivity contribution is 0.0371. The summed E-state index contributed by atoms with van der Waals surface area (Å²) in [6.07, 6.45) is 2.47. The van der Waals surface area contributed by atoms with Crippen molar-refractivity contribution in [1.82, 2.24) is 0 Å². The van der Waals surface area contributed by atoms with E-state index in [9.17, 15) is 5.11 Å². The lowest BCUT2D eigenvalue weighted by atomic mass is 10.0. The van der Waals surface area contributed by atoms with Gasteiger partial charge in [-0.15, -0.1) is 6.58 Å². The van der Waals surface area contributed by atoms with Crippen molar-refractivity contribution in [2.75, 3.05) is 7.11 Å². The van der Waals surface area contributed by atoms with Crippen molar-refractivity contribution in [2.45, 2.75) is 38.0 Å². The van der Waals surface area contributed by atoms with Crippen LogP contribution in [0.2, 0.25) is 0 Å². The van der Waals surface area contributed by atoms with Crippen molar-refractivity contribution < 1.29 is 9.84 Å². The Labute approximate surface area is 74.2 Å². The highest BCUT2D eigenvalue weighted by Crippen LogP contribution is 2.08. The summed E-state index contributed by atoms with van der Waals surface area (Å²) in [5, 5.41) is 9.33. The van der Waals surface area contributed by atoms with Crippen molar-refractivity contribution in [3.05, 3.63) is 12.7 Å². The van der Waals surface area contributed by atoms with Crippen LogP contribution in [0.25, 0.3) is 0 Å². The highest BCUT2D eigenvalue weighted by atomic mass is 16.5. The third-order valence-electron chi connectivity index (χ3n) is 1.98. The van der Waals surface area contributed by atoms with Crippen LogP contribution in [-0.2, 0) is 4.74 Å². The molecule has 0 fully saturated rings. The Morgan fingerprint density at radius 2 is 2.25 bits per heavy atom. The SMILES string of the molecule is C=C[C@H](N)[C@H](C[C@H](O)CC)OC. The van der Waals surface area contributed by atoms with Crippen LogP contribution in [0.4, 0.5) is 0 Å². The number of rotatable bonds is 6. The smallest absolute Gasteiger partial charge is 0.0782 e. The number of hydrogen-bond donors (Lipinski definition) is 2. The van der Waals surface area contributed by atoms with E-state index in [1.165, 1.54) is 0 Å². The van der Waals surface area contributed by atoms with Gasteiger partial charge in [-0.25, -0.2) is 0 Å². The number of aliphatic hydroxyl groups excluding tert-OH is 1. The fourth-order valence-corrected chi connectivity index (χ4v) is 0.997. The topological polar surface area (TPSA) is 55.5 Å². The molecule has 3 N–H and O–H groups in total. The second-order valence-electron chi connectivity index (χ2n) is 2.88. The van der Waals surface area contributed by atoms with E-state index in [1.54, 1.807) is 13.2 Å². The van der Waals surface area contributed by atoms with Gasteiger partial charge in [0.25, 0.3) is 0 Å². The highest BCUT2D eigenvalue weighted by Gasteiger charge is 2.17. The Hall–Kier alpha value is -0.380. The van der Waals surface area contributed by atoms with E-state index in [0.717, 1.165) is 6.42 Å². The molecule has 12 heavy (non-hydrogen) atoms. The third-order valence-corrected chi connectivity index (χ3v) is 1.98. The number of hydrogen-bond acceptors (Lipinski definition) is 3. The fraction of sp³-hybridized carbons (Fsp3) is 0.778. The maximum absolute atomic E-state index is 9.33. The average molecular weight is 173 g/mol. The zero-order valence-electron chi connectivity index (χ0n) is 7.86. The molecular weight excluding hydrogens is 154 g/mol. The summed E-state index contributed by atoms with van der Waals surface area (Å²) in [4.78, 5) is 0. The van der Waals surface area contributed by atoms with E-state index in [0.29, 0.717) is 6.42 Å². The Bertz CT molecular complexity index is 128. The minimum Gasteiger partial charge on any atom is -0.393 e. The molecule has 0 aliphatic rings. The maximum atomic E-state index is 9.33. The Morgan fingerprint density at radius 3 is 2.58 bits per heavy atom. The lowest BCUT2D eigenvalue weighted by Gasteiger charge is -2.21. The zero-order valence-corrected chi connectivity index (χ0v) is 7.86. The number of ether oxygens (including phenoxy) is 1. The van der Waals surface area contributed by atoms with Gasteiger partial charge in [0.05, 0.1) is 12.2 Å². The van der Waals surface area contributed by atoms with Gasteiger partial charge < -0.3 is 15.6 Å². The van der Waals surface area contributed by atoms with Crippen molar-refractivity contribution in [2.24, 2.45) is 5.73 Å². The quantitative estimate of drug-likeness (QED) is 0.581. The molecule has 0 aromatic carbocycles. The molecule has 0 spiro atoms. The first-order valence-electron chi connectivity index (χ1n) is 4.24. The van der Waals surface area contributed by atoms with E-state index in [4.69, 9.17) is 10.5 Å². The van der Waals surface area contributed by atoms with Crippen molar-refractivity contribution >= 4 is 0 Å². The van der Waals surface area contributed by atoms with Gasteiger partial charge in [-0.2, -0.15) is 0 Å². The molecule has 0 heterocycles. The summed E-state index contributed by atoms with van der Waals surface area (Å²) in [6, 6.07) is -0.198. The van der Waals surface area contributed by atoms with Gasteiger partial charge in [-0.05, 0) is 6.42 Å². The monoisotopic (exact) mass is 173 g/mol. The van der Waals surface area contributed by atoms with E-state index in [1.807, 2.05) is 6.92 Å². The molecule has 3 heteroatoms. The minimum atomic E-state index is -0.332. The predicted octanol–water partition coefficient (Wildman–Crippen LogP) is 0.676. The molecule has 0 radical (unpaired) electrons. The van der Waals surface area contributed by atoms with Crippen LogP contribution in [0.3, 0.4) is 0 Å². The summed E-state index contributed by atoms with van der Waals surface area (Å²) in [7, 11) is 1.59. The van der Waals surface area contributed by atoms with Crippen molar-refractivity contribution in [3.63, 3.8) is 0 Å². The number of methoxy groups -OCH3 is 1. The summed E-state index contributed by atoms with van der Waals surface area (Å²) >= 11 is 0. The lowest BCUT2D eigenvalue weighted by Crippen LogP contribution is -2.36. The third kappa shape index (κ3) is 3.85. The van der Waals surface area contributed by atoms with Gasteiger partial charge in [-0.3, -0.25) is 0 Å². The summed E-state index contributed by atoms with van der Waals surface area (Å²) in [5.41, 5.74) is 5.68. The van der Waals surface area contributed by atoms with Gasteiger partial charge in [0.1, 0.15) is 0 Å². The van der Waals surface area contributed by atoms with Crippen LogP contribution >= 0.6 is 0 Å². The van der Waals surface area contributed by atoms with Crippen LogP contribution in [0, 0.1) is 0 Å². The first-order chi connectivity index (χ1) is 5.65. The Kier molecular flexibility index (Phi) is 5.98. The normalized spacial score (nSPS) is 18.3. The summed E-state index contributed by atoms with van der Waals surface area (Å²) in [6.45, 7) is 5.50. The largest absolute Gasteiger partial charge is 0.393 e. The highest BCUT2D eigenvalue weighted by molar-refractivity contribution is 4.89. The molecule has 0 aromatic rings. The van der Waals surface area contributed by atoms with Crippen LogP contribution in [-0.4, -0.2) is 30.5 Å². The molecule has 0 rings (SSSR count). The van der Waals surface area contributed by atoms with Crippen molar-refractivity contribution in [1.29, 1.82) is 0 Å². The molecule has 0 aliphatic heterocycles. The van der Waals surface area contributed by atoms with Crippen LogP contribution in [0.1, 0.15) is 19.8 Å². The Morgan fingerprint density at radius 1 is 1.67 bits per heavy atom. The van der Waals surface area contributed by atoms with Crippen LogP contribution in [0.5, 0.6) is 0 Å². The predicted molar refractivity (Wildman–Crippen MR) is 49.9 cm³/mol. The van der Waals surface area contributed by atoms with Gasteiger partial charge >= 0.3 is 0 Å². The van der Waals surface area contributed by atoms with E-state index < -0.39 is 0 Å². The molecule has 3 atom stereocenters. The van der Waals surface area contributed by atoms with E-state index in [2.05, 4.69) is 6.58 Å². The molecule has 72 valence electrons. The van der Waals surface area contributed by atoms with Gasteiger partial charge in [0.2, 0.25) is 0 Å². The van der Waals surface area contributed by atoms with Gasteiger partial charge in [0, 0.05) is 19.6 Å². The molecule has 0 aromatic heterocycles. The van der Waals surface area contributed by atoms with E-state index >= 15 is 0 Å². The minimum absolute atomic E-state index is 0.127. The van der Waals surface area contributed by atoms with Crippen molar-refractivity contribution in [3.8, 4) is 0 Å². The molecule has 0 saturated carbocycles. The first kappa shape index (κ1) is 11.6. The average Bonchev–Trinajstić information content (AvgIpc) is 2.12. The molecule has 0 saturated heterocycles. The van der Waals surface area contributed by atoms with Gasteiger partial charge in [0.15, 0.2) is 0 Å². The van der Waals surface area contributed by atoms with E-state index in [-0.39, 0.29) is 18.2 Å². The Balaban J connectivity index is 3.89. The molecule has 0 aliphatic carbocycles. The van der Waals surface area contributed by atoms with Crippen LogP contribution in [0.15, 0.2) is 12.7 Å². The zero-order chi connectivity index (χ0) is 9.56. The summed E-state index contributed by atoms with van der Waals surface area (Å²) < 4.78 is 5.12. The molecule has 3 nitrogen and oxygen atoms in total. The fourth-order valence-electron chi connectivity index (χ4n) is 0.997.